The zero-order chi connectivity index (χ0) is 33.4. The van der Waals surface area contributed by atoms with Crippen LogP contribution in [0.4, 0.5) is 0 Å². The van der Waals surface area contributed by atoms with Gasteiger partial charge in [-0.15, -0.1) is 0 Å². The number of nitrogens with one attached hydrogen (secondary N) is 1. The van der Waals surface area contributed by atoms with E-state index in [4.69, 9.17) is 14.7 Å². The number of aliphatic hydroxyl groups is 1. The Hall–Kier alpha value is -2.96. The lowest BCUT2D eigenvalue weighted by molar-refractivity contribution is -0.0256. The van der Waals surface area contributed by atoms with Crippen LogP contribution in [-0.4, -0.2) is 113 Å². The molecule has 3 aromatic rings. The van der Waals surface area contributed by atoms with Crippen molar-refractivity contribution in [3.8, 4) is 0 Å². The van der Waals surface area contributed by atoms with Gasteiger partial charge in [0.05, 0.1) is 25.4 Å². The smallest absolute Gasteiger partial charge is 0.280 e. The zero-order valence-electron chi connectivity index (χ0n) is 28.6. The second kappa shape index (κ2) is 14.1. The number of likely N-dealkylation sites (tertiary alicyclic amines) is 2. The van der Waals surface area contributed by atoms with Crippen LogP contribution in [0.5, 0.6) is 0 Å². The molecule has 0 bridgehead atoms. The number of carbonyl (C=O) groups excluding carboxylic acids is 2. The van der Waals surface area contributed by atoms with Crippen LogP contribution in [0.3, 0.4) is 0 Å². The Morgan fingerprint density at radius 3 is 2.58 bits per heavy atom. The van der Waals surface area contributed by atoms with Crippen LogP contribution in [0.1, 0.15) is 89.5 Å². The normalized spacial score (nSPS) is 22.3. The lowest BCUT2D eigenvalue weighted by Gasteiger charge is -2.46. The van der Waals surface area contributed by atoms with Gasteiger partial charge in [0.25, 0.3) is 11.8 Å². The number of hydrogen-bond donors (Lipinski definition) is 2. The quantitative estimate of drug-likeness (QED) is 0.364. The van der Waals surface area contributed by atoms with Crippen LogP contribution >= 0.6 is 11.3 Å². The molecule has 4 aliphatic rings. The van der Waals surface area contributed by atoms with E-state index in [2.05, 4.69) is 42.0 Å². The first-order chi connectivity index (χ1) is 23.1. The Bertz CT molecular complexity index is 1620. The second-order valence-corrected chi connectivity index (χ2v) is 16.2. The number of nitrogens with zero attached hydrogens (tertiary/aromatic N) is 5. The van der Waals surface area contributed by atoms with E-state index in [0.29, 0.717) is 29.0 Å². The molecule has 2 amide bonds. The molecule has 1 aromatic carbocycles. The lowest BCUT2D eigenvalue weighted by atomic mass is 9.71. The molecule has 258 valence electrons. The summed E-state index contributed by atoms with van der Waals surface area (Å²) in [5.41, 5.74) is 5.00. The van der Waals surface area contributed by atoms with Gasteiger partial charge < -0.3 is 25.0 Å². The molecule has 2 atom stereocenters. The summed E-state index contributed by atoms with van der Waals surface area (Å²) in [5.74, 6) is 0.423. The van der Waals surface area contributed by atoms with E-state index in [1.165, 1.54) is 16.9 Å². The first kappa shape index (κ1) is 33.5. The number of piperidine rings is 1. The number of thiazole rings is 1. The van der Waals surface area contributed by atoms with Gasteiger partial charge in [-0.25, -0.2) is 9.97 Å². The Kier molecular flexibility index (Phi) is 9.86. The average molecular weight is 675 g/mol. The molecular weight excluding hydrogens is 625 g/mol. The summed E-state index contributed by atoms with van der Waals surface area (Å²) < 4.78 is 5.49. The molecule has 3 aliphatic heterocycles. The van der Waals surface area contributed by atoms with Crippen LogP contribution < -0.4 is 5.32 Å². The minimum atomic E-state index is -0.296. The minimum absolute atomic E-state index is 0.0337. The molecule has 48 heavy (non-hydrogen) atoms. The Balaban J connectivity index is 1.07. The molecule has 2 aromatic heterocycles. The fraction of sp³-hybridized carbons (Fsp3) is 0.622. The molecule has 10 nitrogen and oxygen atoms in total. The van der Waals surface area contributed by atoms with Gasteiger partial charge in [-0.3, -0.25) is 14.5 Å². The van der Waals surface area contributed by atoms with Gasteiger partial charge in [-0.2, -0.15) is 0 Å². The van der Waals surface area contributed by atoms with Crippen LogP contribution in [0.25, 0.3) is 10.3 Å². The van der Waals surface area contributed by atoms with Gasteiger partial charge in [0, 0.05) is 63.1 Å². The Morgan fingerprint density at radius 2 is 1.83 bits per heavy atom. The van der Waals surface area contributed by atoms with Crippen LogP contribution in [0.15, 0.2) is 30.3 Å². The lowest BCUT2D eigenvalue weighted by Crippen LogP contribution is -2.62. The Morgan fingerprint density at radius 1 is 1.06 bits per heavy atom. The van der Waals surface area contributed by atoms with Gasteiger partial charge in [0.2, 0.25) is 0 Å². The van der Waals surface area contributed by atoms with Crippen molar-refractivity contribution in [2.75, 3.05) is 59.0 Å². The molecular formula is C37H50N6O4S. The molecule has 0 radical (unpaired) electrons. The van der Waals surface area contributed by atoms with Gasteiger partial charge >= 0.3 is 0 Å². The molecule has 1 unspecified atom stereocenters. The number of rotatable bonds is 8. The van der Waals surface area contributed by atoms with Gasteiger partial charge in [0.15, 0.2) is 5.01 Å². The molecule has 0 spiro atoms. The van der Waals surface area contributed by atoms with Crippen molar-refractivity contribution in [3.63, 3.8) is 0 Å². The maximum Gasteiger partial charge on any atom is 0.280 e. The highest BCUT2D eigenvalue weighted by Crippen LogP contribution is 2.38. The van der Waals surface area contributed by atoms with Crippen molar-refractivity contribution in [3.05, 3.63) is 57.7 Å². The van der Waals surface area contributed by atoms with Crippen molar-refractivity contribution >= 4 is 33.5 Å². The average Bonchev–Trinajstić information content (AvgIpc) is 3.48. The monoisotopic (exact) mass is 674 g/mol. The second-order valence-electron chi connectivity index (χ2n) is 15.3. The molecule has 1 aliphatic carbocycles. The van der Waals surface area contributed by atoms with Crippen LogP contribution in [0.2, 0.25) is 0 Å². The SMILES string of the molecule is CC(C)(C)[C@H]1CCc2nc3sc(C(=O)NC(CCN4CCC(O)CC4)c4cccc(C(=O)N5CC(N6CCOCC6)C5)c4)nc3cc2C1. The highest BCUT2D eigenvalue weighted by molar-refractivity contribution is 7.19. The number of ether oxygens (including phenoxy) is 1. The predicted octanol–water partition coefficient (Wildman–Crippen LogP) is 4.32. The van der Waals surface area contributed by atoms with E-state index in [9.17, 15) is 14.7 Å². The summed E-state index contributed by atoms with van der Waals surface area (Å²) in [6, 6.07) is 10.0. The third kappa shape index (κ3) is 7.45. The molecule has 3 saturated heterocycles. The molecule has 2 N–H and O–H groups in total. The summed E-state index contributed by atoms with van der Waals surface area (Å²) in [5, 5.41) is 13.7. The summed E-state index contributed by atoms with van der Waals surface area (Å²) in [6.45, 7) is 14.2. The van der Waals surface area contributed by atoms with Crippen molar-refractivity contribution < 1.29 is 19.4 Å². The van der Waals surface area contributed by atoms with Gasteiger partial charge in [-0.1, -0.05) is 44.2 Å². The summed E-state index contributed by atoms with van der Waals surface area (Å²) in [4.78, 5) is 44.6. The fourth-order valence-corrected chi connectivity index (χ4v) is 8.55. The van der Waals surface area contributed by atoms with Crippen LogP contribution in [-0.2, 0) is 17.6 Å². The summed E-state index contributed by atoms with van der Waals surface area (Å²) >= 11 is 1.36. The van der Waals surface area contributed by atoms with Crippen LogP contribution in [0, 0.1) is 11.3 Å². The summed E-state index contributed by atoms with van der Waals surface area (Å²) in [6.07, 6.45) is 5.07. The molecule has 0 saturated carbocycles. The number of fused-ring (bicyclic) bond motifs is 2. The first-order valence-electron chi connectivity index (χ1n) is 17.8. The van der Waals surface area contributed by atoms with E-state index < -0.39 is 0 Å². The third-order valence-corrected chi connectivity index (χ3v) is 12.0. The number of aliphatic hydroxyl groups excluding tert-OH is 1. The van der Waals surface area contributed by atoms with Gasteiger partial charge in [-0.05, 0) is 79.2 Å². The molecule has 3 fully saturated rings. The molecule has 5 heterocycles. The number of pyridine rings is 1. The fourth-order valence-electron chi connectivity index (χ4n) is 7.71. The third-order valence-electron chi connectivity index (χ3n) is 11.0. The summed E-state index contributed by atoms with van der Waals surface area (Å²) in [7, 11) is 0. The van der Waals surface area contributed by atoms with E-state index in [1.807, 2.05) is 29.2 Å². The highest BCUT2D eigenvalue weighted by atomic mass is 32.1. The highest BCUT2D eigenvalue weighted by Gasteiger charge is 2.36. The van der Waals surface area contributed by atoms with Crippen molar-refractivity contribution in [1.29, 1.82) is 0 Å². The predicted molar refractivity (Wildman–Crippen MR) is 187 cm³/mol. The zero-order valence-corrected chi connectivity index (χ0v) is 29.4. The van der Waals surface area contributed by atoms with Crippen molar-refractivity contribution in [2.24, 2.45) is 11.3 Å². The molecule has 11 heteroatoms. The number of aryl methyl sites for hydroxylation is 1. The minimum Gasteiger partial charge on any atom is -0.393 e. The number of benzene rings is 1. The number of carbonyl (C=O) groups is 2. The van der Waals surface area contributed by atoms with E-state index in [1.54, 1.807) is 0 Å². The molecule has 7 rings (SSSR count). The Labute approximate surface area is 287 Å². The largest absolute Gasteiger partial charge is 0.393 e. The van der Waals surface area contributed by atoms with Gasteiger partial charge in [0.1, 0.15) is 10.3 Å². The number of morpholine rings is 1. The maximum absolute atomic E-state index is 13.8. The van der Waals surface area contributed by atoms with Crippen molar-refractivity contribution in [2.45, 2.75) is 77.5 Å². The maximum atomic E-state index is 13.8. The van der Waals surface area contributed by atoms with E-state index in [-0.39, 0.29) is 29.4 Å². The number of aromatic nitrogens is 2. The first-order valence-corrected chi connectivity index (χ1v) is 18.6. The topological polar surface area (TPSA) is 111 Å². The number of amides is 2. The number of hydrogen-bond acceptors (Lipinski definition) is 9. The van der Waals surface area contributed by atoms with E-state index in [0.717, 1.165) is 113 Å². The van der Waals surface area contributed by atoms with Crippen molar-refractivity contribution in [1.82, 2.24) is 30.0 Å². The van der Waals surface area contributed by atoms with E-state index >= 15 is 0 Å². The standard InChI is InChI=1S/C37H50N6O4S/c1-37(2,3)27-7-8-30-26(20-27)21-32-34(39-30)48-35(40-32)33(45)38-31(11-14-41-12-9-29(44)10-13-41)24-5-4-6-25(19-24)36(46)43-22-28(23-43)42-15-17-47-18-16-42/h4-6,19,21,27-29,31,44H,7-18,20,22-23H2,1-3H3,(H,38,45)/t27-,31?/m0/s1.